The Hall–Kier alpha value is -2.62. The number of carbonyl (C=O) groups excluding carboxylic acids is 3. The van der Waals surface area contributed by atoms with Crippen LogP contribution < -0.4 is 0 Å². The van der Waals surface area contributed by atoms with Crippen molar-refractivity contribution in [1.82, 2.24) is 0 Å². The fourth-order valence-corrected chi connectivity index (χ4v) is 2.97. The van der Waals surface area contributed by atoms with Crippen molar-refractivity contribution >= 4 is 34.2 Å². The minimum atomic E-state index is -2.14. The molecule has 160 valence electrons. The van der Waals surface area contributed by atoms with E-state index in [1.807, 2.05) is 0 Å². The summed E-state index contributed by atoms with van der Waals surface area (Å²) in [4.78, 5) is 34.3. The largest absolute Gasteiger partial charge is 0.461 e. The number of esters is 2. The average Bonchev–Trinajstić information content (AvgIpc) is 2.80. The zero-order chi connectivity index (χ0) is 22.1. The van der Waals surface area contributed by atoms with E-state index in [4.69, 9.17) is 19.7 Å². The molecule has 2 aromatic rings. The first-order valence-electron chi connectivity index (χ1n) is 8.90. The van der Waals surface area contributed by atoms with Crippen molar-refractivity contribution in [3.8, 4) is 0 Å². The Morgan fingerprint density at radius 3 is 1.83 bits per heavy atom. The van der Waals surface area contributed by atoms with E-state index in [1.54, 1.807) is 12.1 Å². The van der Waals surface area contributed by atoms with Crippen molar-refractivity contribution in [2.24, 2.45) is 0 Å². The third-order valence-electron chi connectivity index (χ3n) is 4.16. The molecule has 0 saturated heterocycles. The standard InChI is InChI=1S/C21H20BrFO7/c22-17(12-29-20(27)15-5-1-13(9-24)2-6-15)19(18(23)11-26)30-21(28)16-7-3-14(10-25)4-8-16/h1-8,11,17-19,24-25H,9-10,12H2/t17-,18+,19+/m0/s1. The smallest absolute Gasteiger partial charge is 0.338 e. The van der Waals surface area contributed by atoms with Crippen molar-refractivity contribution in [2.45, 2.75) is 30.3 Å². The van der Waals surface area contributed by atoms with Crippen LogP contribution in [0.15, 0.2) is 48.5 Å². The highest BCUT2D eigenvalue weighted by atomic mass is 79.9. The predicted octanol–water partition coefficient (Wildman–Crippen LogP) is 2.35. The molecule has 0 bridgehead atoms. The molecule has 9 heteroatoms. The summed E-state index contributed by atoms with van der Waals surface area (Å²) >= 11 is 3.11. The molecule has 30 heavy (non-hydrogen) atoms. The molecule has 0 spiro atoms. The van der Waals surface area contributed by atoms with Crippen molar-refractivity contribution in [3.63, 3.8) is 0 Å². The molecule has 0 amide bonds. The SMILES string of the molecule is O=C[C@@H](F)[C@H](OC(=O)c1ccc(CO)cc1)[C@@H](Br)COC(=O)c1ccc(CO)cc1. The number of aliphatic hydroxyl groups excluding tert-OH is 2. The molecule has 0 aliphatic heterocycles. The van der Waals surface area contributed by atoms with Gasteiger partial charge >= 0.3 is 11.9 Å². The molecule has 0 aliphatic carbocycles. The van der Waals surface area contributed by atoms with Gasteiger partial charge in [-0.2, -0.15) is 0 Å². The molecule has 2 rings (SSSR count). The summed E-state index contributed by atoms with van der Waals surface area (Å²) in [6, 6.07) is 11.9. The monoisotopic (exact) mass is 482 g/mol. The van der Waals surface area contributed by atoms with Crippen LogP contribution in [0.5, 0.6) is 0 Å². The molecule has 2 aromatic carbocycles. The number of benzene rings is 2. The quantitative estimate of drug-likeness (QED) is 0.303. The normalized spacial score (nSPS) is 13.7. The lowest BCUT2D eigenvalue weighted by molar-refractivity contribution is -0.115. The number of ether oxygens (including phenoxy) is 2. The second-order valence-electron chi connectivity index (χ2n) is 6.27. The number of halogens is 2. The summed E-state index contributed by atoms with van der Waals surface area (Å²) < 4.78 is 24.3. The summed E-state index contributed by atoms with van der Waals surface area (Å²) in [6.45, 7) is -0.735. The second kappa shape index (κ2) is 11.5. The Morgan fingerprint density at radius 2 is 1.40 bits per heavy atom. The van der Waals surface area contributed by atoms with Crippen LogP contribution in [0.25, 0.3) is 0 Å². The van der Waals surface area contributed by atoms with E-state index in [9.17, 15) is 18.8 Å². The van der Waals surface area contributed by atoms with Gasteiger partial charge < -0.3 is 19.7 Å². The van der Waals surface area contributed by atoms with Gasteiger partial charge in [0, 0.05) is 0 Å². The maximum Gasteiger partial charge on any atom is 0.338 e. The van der Waals surface area contributed by atoms with Crippen LogP contribution in [0.4, 0.5) is 4.39 Å². The molecular formula is C21H20BrFO7. The van der Waals surface area contributed by atoms with Crippen LogP contribution in [0.2, 0.25) is 0 Å². The first-order chi connectivity index (χ1) is 14.4. The fraction of sp³-hybridized carbons (Fsp3) is 0.286. The highest BCUT2D eigenvalue weighted by molar-refractivity contribution is 9.09. The number of rotatable bonds is 10. The van der Waals surface area contributed by atoms with Gasteiger partial charge in [0.1, 0.15) is 6.61 Å². The summed E-state index contributed by atoms with van der Waals surface area (Å²) in [5.74, 6) is -1.57. The topological polar surface area (TPSA) is 110 Å². The summed E-state index contributed by atoms with van der Waals surface area (Å²) in [5.41, 5.74) is 1.53. The molecule has 0 radical (unpaired) electrons. The lowest BCUT2D eigenvalue weighted by atomic mass is 10.1. The molecular weight excluding hydrogens is 463 g/mol. The van der Waals surface area contributed by atoms with Gasteiger partial charge in [0.2, 0.25) is 0 Å². The van der Waals surface area contributed by atoms with Crippen LogP contribution >= 0.6 is 15.9 Å². The third kappa shape index (κ3) is 6.45. The zero-order valence-corrected chi connectivity index (χ0v) is 17.3. The number of alkyl halides is 2. The van der Waals surface area contributed by atoms with Gasteiger partial charge in [0.15, 0.2) is 18.6 Å². The first kappa shape index (κ1) is 23.7. The van der Waals surface area contributed by atoms with E-state index in [1.165, 1.54) is 36.4 Å². The van der Waals surface area contributed by atoms with Crippen molar-refractivity contribution in [1.29, 1.82) is 0 Å². The van der Waals surface area contributed by atoms with Gasteiger partial charge in [-0.25, -0.2) is 14.0 Å². The molecule has 0 aliphatic rings. The zero-order valence-electron chi connectivity index (χ0n) is 15.7. The highest BCUT2D eigenvalue weighted by Crippen LogP contribution is 2.19. The molecule has 0 unspecified atom stereocenters. The Balaban J connectivity index is 2.01. The molecule has 2 N–H and O–H groups in total. The Labute approximate surface area is 180 Å². The molecule has 3 atom stereocenters. The second-order valence-corrected chi connectivity index (χ2v) is 7.45. The molecule has 0 saturated carbocycles. The van der Waals surface area contributed by atoms with Crippen LogP contribution in [-0.2, 0) is 27.5 Å². The van der Waals surface area contributed by atoms with Gasteiger partial charge in [-0.1, -0.05) is 40.2 Å². The van der Waals surface area contributed by atoms with Gasteiger partial charge in [-0.05, 0) is 35.4 Å². The van der Waals surface area contributed by atoms with E-state index < -0.39 is 29.0 Å². The lowest BCUT2D eigenvalue weighted by Crippen LogP contribution is -2.39. The maximum absolute atomic E-state index is 14.1. The number of aliphatic hydroxyl groups is 2. The maximum atomic E-state index is 14.1. The lowest BCUT2D eigenvalue weighted by Gasteiger charge is -2.23. The van der Waals surface area contributed by atoms with Crippen LogP contribution in [0.1, 0.15) is 31.8 Å². The molecule has 0 heterocycles. The van der Waals surface area contributed by atoms with Crippen molar-refractivity contribution in [3.05, 3.63) is 70.8 Å². The van der Waals surface area contributed by atoms with Gasteiger partial charge in [0.25, 0.3) is 0 Å². The molecule has 0 fully saturated rings. The van der Waals surface area contributed by atoms with E-state index in [0.29, 0.717) is 11.1 Å². The van der Waals surface area contributed by atoms with Gasteiger partial charge in [-0.15, -0.1) is 0 Å². The van der Waals surface area contributed by atoms with Crippen LogP contribution in [0, 0.1) is 0 Å². The Kier molecular flexibility index (Phi) is 9.10. The minimum Gasteiger partial charge on any atom is -0.461 e. The van der Waals surface area contributed by atoms with Crippen molar-refractivity contribution < 1.29 is 38.5 Å². The number of carbonyl (C=O) groups is 3. The Morgan fingerprint density at radius 1 is 0.933 bits per heavy atom. The van der Waals surface area contributed by atoms with Crippen LogP contribution in [0.3, 0.4) is 0 Å². The van der Waals surface area contributed by atoms with Crippen molar-refractivity contribution in [2.75, 3.05) is 6.61 Å². The first-order valence-corrected chi connectivity index (χ1v) is 9.82. The van der Waals surface area contributed by atoms with E-state index in [2.05, 4.69) is 15.9 Å². The number of aldehydes is 1. The summed E-state index contributed by atoms with van der Waals surface area (Å²) in [7, 11) is 0. The van der Waals surface area contributed by atoms with E-state index in [0.717, 1.165) is 0 Å². The number of hydrogen-bond acceptors (Lipinski definition) is 7. The predicted molar refractivity (Wildman–Crippen MR) is 108 cm³/mol. The summed E-state index contributed by atoms with van der Waals surface area (Å²) in [6.07, 6.45) is -3.68. The molecule has 7 nitrogen and oxygen atoms in total. The van der Waals surface area contributed by atoms with E-state index >= 15 is 0 Å². The highest BCUT2D eigenvalue weighted by Gasteiger charge is 2.33. The van der Waals surface area contributed by atoms with Gasteiger partial charge in [-0.3, -0.25) is 4.79 Å². The van der Waals surface area contributed by atoms with E-state index in [-0.39, 0.29) is 37.2 Å². The average molecular weight is 483 g/mol. The molecule has 0 aromatic heterocycles. The number of hydrogen-bond donors (Lipinski definition) is 2. The fourth-order valence-electron chi connectivity index (χ4n) is 2.43. The van der Waals surface area contributed by atoms with Gasteiger partial charge in [0.05, 0.1) is 29.2 Å². The minimum absolute atomic E-state index is 0.00347. The third-order valence-corrected chi connectivity index (χ3v) is 4.95. The summed E-state index contributed by atoms with van der Waals surface area (Å²) in [5, 5.41) is 18.1. The van der Waals surface area contributed by atoms with Crippen LogP contribution in [-0.4, -0.2) is 52.1 Å². The Bertz CT molecular complexity index is 855.